The van der Waals surface area contributed by atoms with Gasteiger partial charge in [0.15, 0.2) is 0 Å². The molecule has 1 amide bonds. The first-order chi connectivity index (χ1) is 10.2. The Labute approximate surface area is 130 Å². The molecule has 0 atom stereocenters. The predicted molar refractivity (Wildman–Crippen MR) is 80.0 cm³/mol. The minimum absolute atomic E-state index is 0.114. The summed E-state index contributed by atoms with van der Waals surface area (Å²) in [5.74, 6) is -3.88. The first-order valence-corrected chi connectivity index (χ1v) is 9.16. The van der Waals surface area contributed by atoms with Gasteiger partial charge in [0.2, 0.25) is 15.9 Å². The number of carbonyl (C=O) groups excluding carboxylic acids is 1. The van der Waals surface area contributed by atoms with Gasteiger partial charge in [-0.2, -0.15) is 0 Å². The number of piperidine rings is 1. The van der Waals surface area contributed by atoms with Crippen LogP contribution in [0.25, 0.3) is 0 Å². The van der Waals surface area contributed by atoms with E-state index < -0.39 is 40.9 Å². The molecule has 3 N–H and O–H groups in total. The van der Waals surface area contributed by atoms with E-state index >= 15 is 0 Å². The van der Waals surface area contributed by atoms with E-state index in [1.54, 1.807) is 0 Å². The molecule has 130 valence electrons. The monoisotopic (exact) mass is 341 g/mol. The second kappa shape index (κ2) is 8.16. The number of hydrogen-bond donors (Lipinski definition) is 2. The molecule has 0 unspecified atom stereocenters. The number of nitrogens with one attached hydrogen (secondary N) is 1. The van der Waals surface area contributed by atoms with Gasteiger partial charge >= 0.3 is 0 Å². The molecule has 6 nitrogen and oxygen atoms in total. The predicted octanol–water partition coefficient (Wildman–Crippen LogP) is 0.539. The van der Waals surface area contributed by atoms with Crippen LogP contribution >= 0.6 is 0 Å². The van der Waals surface area contributed by atoms with Gasteiger partial charge in [0, 0.05) is 19.0 Å². The summed E-state index contributed by atoms with van der Waals surface area (Å²) in [5, 5.41) is 2.19. The van der Waals surface area contributed by atoms with Crippen LogP contribution in [0.3, 0.4) is 0 Å². The Hall–Kier alpha value is -0.800. The van der Waals surface area contributed by atoms with Crippen LogP contribution in [0.2, 0.25) is 0 Å². The summed E-state index contributed by atoms with van der Waals surface area (Å²) in [5.41, 5.74) is 4.90. The molecule has 1 aliphatic rings. The number of nitrogens with two attached hydrogens (primary N) is 1. The molecule has 0 aromatic carbocycles. The van der Waals surface area contributed by atoms with E-state index in [1.807, 2.05) is 6.92 Å². The van der Waals surface area contributed by atoms with Crippen molar-refractivity contribution in [3.05, 3.63) is 0 Å². The summed E-state index contributed by atoms with van der Waals surface area (Å²) in [7, 11) is -3.27. The lowest BCUT2D eigenvalue weighted by molar-refractivity contribution is -0.127. The molecule has 0 saturated carbocycles. The van der Waals surface area contributed by atoms with E-state index in [1.165, 1.54) is 4.31 Å². The maximum Gasteiger partial charge on any atom is 0.277 e. The standard InChI is InChI=1S/C13H25F2N3O3S/c1-2-3-8-22(20,21)18-6-4-11(5-7-18)12(19)17-10-13(14,15)9-16/h11H,2-10,16H2,1H3,(H,17,19). The zero-order valence-electron chi connectivity index (χ0n) is 12.9. The van der Waals surface area contributed by atoms with Gasteiger partial charge < -0.3 is 11.1 Å². The number of sulfonamides is 1. The summed E-state index contributed by atoms with van der Waals surface area (Å²) in [6.07, 6.45) is 2.11. The van der Waals surface area contributed by atoms with Gasteiger partial charge in [-0.1, -0.05) is 13.3 Å². The highest BCUT2D eigenvalue weighted by Gasteiger charge is 2.33. The quantitative estimate of drug-likeness (QED) is 0.674. The first-order valence-electron chi connectivity index (χ1n) is 7.55. The van der Waals surface area contributed by atoms with Gasteiger partial charge in [-0.15, -0.1) is 0 Å². The third-order valence-corrected chi connectivity index (χ3v) is 5.75. The number of hydrogen-bond acceptors (Lipinski definition) is 4. The first kappa shape index (κ1) is 19.2. The number of carbonyl (C=O) groups is 1. The van der Waals surface area contributed by atoms with Crippen LogP contribution in [0.1, 0.15) is 32.6 Å². The molecule has 0 bridgehead atoms. The number of halogens is 2. The van der Waals surface area contributed by atoms with Gasteiger partial charge in [-0.3, -0.25) is 4.79 Å². The SMILES string of the molecule is CCCCS(=O)(=O)N1CCC(C(=O)NCC(F)(F)CN)CC1. The van der Waals surface area contributed by atoms with Gasteiger partial charge in [-0.25, -0.2) is 21.5 Å². The molecule has 0 spiro atoms. The molecule has 1 rings (SSSR count). The molecule has 1 saturated heterocycles. The molecule has 0 aromatic heterocycles. The lowest BCUT2D eigenvalue weighted by atomic mass is 9.97. The molecule has 22 heavy (non-hydrogen) atoms. The van der Waals surface area contributed by atoms with Crippen molar-refractivity contribution in [2.45, 2.75) is 38.5 Å². The fraction of sp³-hybridized carbons (Fsp3) is 0.923. The topological polar surface area (TPSA) is 92.5 Å². The zero-order valence-corrected chi connectivity index (χ0v) is 13.7. The van der Waals surface area contributed by atoms with Gasteiger partial charge in [0.25, 0.3) is 5.92 Å². The molecule has 9 heteroatoms. The largest absolute Gasteiger partial charge is 0.350 e. The second-order valence-electron chi connectivity index (χ2n) is 5.62. The number of nitrogens with zero attached hydrogens (tertiary/aromatic N) is 1. The van der Waals surface area contributed by atoms with Crippen molar-refractivity contribution >= 4 is 15.9 Å². The van der Waals surface area contributed by atoms with Crippen molar-refractivity contribution in [1.29, 1.82) is 0 Å². The van der Waals surface area contributed by atoms with Gasteiger partial charge in [-0.05, 0) is 19.3 Å². The Kier molecular flexibility index (Phi) is 7.14. The number of alkyl halides is 2. The Morgan fingerprint density at radius 1 is 1.36 bits per heavy atom. The molecule has 1 heterocycles. The van der Waals surface area contributed by atoms with Crippen molar-refractivity contribution in [1.82, 2.24) is 9.62 Å². The molecular formula is C13H25F2N3O3S. The maximum atomic E-state index is 13.0. The zero-order chi connectivity index (χ0) is 16.8. The normalized spacial score (nSPS) is 18.4. The van der Waals surface area contributed by atoms with Crippen LogP contribution in [-0.4, -0.2) is 56.5 Å². The Balaban J connectivity index is 2.43. The third-order valence-electron chi connectivity index (χ3n) is 3.79. The van der Waals surface area contributed by atoms with Crippen molar-refractivity contribution < 1.29 is 22.0 Å². The van der Waals surface area contributed by atoms with Crippen LogP contribution < -0.4 is 11.1 Å². The van der Waals surface area contributed by atoms with E-state index in [0.717, 1.165) is 6.42 Å². The minimum Gasteiger partial charge on any atom is -0.350 e. The van der Waals surface area contributed by atoms with E-state index in [9.17, 15) is 22.0 Å². The van der Waals surface area contributed by atoms with Crippen LogP contribution in [0.4, 0.5) is 8.78 Å². The number of rotatable bonds is 8. The average molecular weight is 341 g/mol. The Bertz CT molecular complexity index is 463. The fourth-order valence-corrected chi connectivity index (χ4v) is 3.96. The van der Waals surface area contributed by atoms with Crippen LogP contribution in [0.5, 0.6) is 0 Å². The summed E-state index contributed by atoms with van der Waals surface area (Å²) in [6.45, 7) is 0.844. The molecule has 1 aliphatic heterocycles. The molecule has 0 aromatic rings. The fourth-order valence-electron chi connectivity index (χ4n) is 2.28. The van der Waals surface area contributed by atoms with Crippen molar-refractivity contribution in [3.8, 4) is 0 Å². The molecule has 1 fully saturated rings. The maximum absolute atomic E-state index is 13.0. The summed E-state index contributed by atoms with van der Waals surface area (Å²) >= 11 is 0. The smallest absolute Gasteiger partial charge is 0.277 e. The average Bonchev–Trinajstić information content (AvgIpc) is 2.51. The molecule has 0 aliphatic carbocycles. The van der Waals surface area contributed by atoms with E-state index in [2.05, 4.69) is 5.32 Å². The lowest BCUT2D eigenvalue weighted by Crippen LogP contribution is -2.47. The van der Waals surface area contributed by atoms with Gasteiger partial charge in [0.1, 0.15) is 0 Å². The van der Waals surface area contributed by atoms with Gasteiger partial charge in [0.05, 0.1) is 18.8 Å². The Morgan fingerprint density at radius 2 is 1.95 bits per heavy atom. The van der Waals surface area contributed by atoms with Crippen molar-refractivity contribution in [3.63, 3.8) is 0 Å². The number of unbranched alkanes of at least 4 members (excludes halogenated alkanes) is 1. The Morgan fingerprint density at radius 3 is 2.45 bits per heavy atom. The van der Waals surface area contributed by atoms with Crippen molar-refractivity contribution in [2.24, 2.45) is 11.7 Å². The van der Waals surface area contributed by atoms with Crippen LogP contribution in [-0.2, 0) is 14.8 Å². The lowest BCUT2D eigenvalue weighted by Gasteiger charge is -2.30. The third kappa shape index (κ3) is 5.77. The highest BCUT2D eigenvalue weighted by atomic mass is 32.2. The minimum atomic E-state index is -3.27. The molecular weight excluding hydrogens is 316 g/mol. The van der Waals surface area contributed by atoms with Crippen LogP contribution in [0.15, 0.2) is 0 Å². The molecule has 0 radical (unpaired) electrons. The van der Waals surface area contributed by atoms with E-state index in [0.29, 0.717) is 19.3 Å². The second-order valence-corrected chi connectivity index (χ2v) is 7.71. The highest BCUT2D eigenvalue weighted by Crippen LogP contribution is 2.21. The summed E-state index contributed by atoms with van der Waals surface area (Å²) in [6, 6.07) is 0. The highest BCUT2D eigenvalue weighted by molar-refractivity contribution is 7.89. The summed E-state index contributed by atoms with van der Waals surface area (Å²) < 4.78 is 51.4. The van der Waals surface area contributed by atoms with Crippen molar-refractivity contribution in [2.75, 3.05) is 31.9 Å². The summed E-state index contributed by atoms with van der Waals surface area (Å²) in [4.78, 5) is 11.8. The van der Waals surface area contributed by atoms with Crippen LogP contribution in [0, 0.1) is 5.92 Å². The number of amides is 1. The van der Waals surface area contributed by atoms with E-state index in [4.69, 9.17) is 5.73 Å². The van der Waals surface area contributed by atoms with E-state index in [-0.39, 0.29) is 18.8 Å².